The number of pyridine rings is 1. The van der Waals surface area contributed by atoms with Crippen LogP contribution in [0.3, 0.4) is 0 Å². The highest BCUT2D eigenvalue weighted by atomic mass is 19.4. The zero-order chi connectivity index (χ0) is 13.3. The molecule has 1 saturated carbocycles. The number of halogens is 3. The number of anilines is 1. The van der Waals surface area contributed by atoms with Crippen LogP contribution in [-0.2, 0) is 6.18 Å². The fraction of sp³-hybridized carbons (Fsp3) is 0.615. The maximum absolute atomic E-state index is 12.8. The van der Waals surface area contributed by atoms with Crippen molar-refractivity contribution in [1.82, 2.24) is 4.98 Å². The van der Waals surface area contributed by atoms with Crippen LogP contribution in [0.2, 0.25) is 0 Å². The van der Waals surface area contributed by atoms with Crippen LogP contribution in [0, 0.1) is 11.8 Å². The van der Waals surface area contributed by atoms with Crippen LogP contribution in [0.5, 0.6) is 0 Å². The topological polar surface area (TPSA) is 24.9 Å². The minimum Gasteiger partial charge on any atom is -0.367 e. The third-order valence-electron chi connectivity index (χ3n) is 3.90. The predicted molar refractivity (Wildman–Crippen MR) is 64.2 cm³/mol. The highest BCUT2D eigenvalue weighted by Gasteiger charge is 2.36. The summed E-state index contributed by atoms with van der Waals surface area (Å²) < 4.78 is 38.4. The molecule has 18 heavy (non-hydrogen) atoms. The molecule has 3 atom stereocenters. The first kappa shape index (κ1) is 13.2. The molecular weight excluding hydrogens is 241 g/mol. The second-order valence-corrected chi connectivity index (χ2v) is 5.06. The van der Waals surface area contributed by atoms with Gasteiger partial charge in [0.25, 0.3) is 0 Å². The van der Waals surface area contributed by atoms with Gasteiger partial charge in [-0.3, -0.25) is 0 Å². The Bertz CT molecular complexity index is 417. The Hall–Kier alpha value is -1.26. The molecule has 2 nitrogen and oxygen atoms in total. The van der Waals surface area contributed by atoms with E-state index in [1.54, 1.807) is 0 Å². The third kappa shape index (κ3) is 2.60. The molecular formula is C13H17F3N2. The van der Waals surface area contributed by atoms with E-state index in [1.807, 2.05) is 0 Å². The number of rotatable bonds is 2. The van der Waals surface area contributed by atoms with E-state index >= 15 is 0 Å². The standard InChI is InChI=1S/C13H17F3N2/c1-8-5-6-11(9(8)2)18-12-10(13(14,15)16)4-3-7-17-12/h3-4,7-9,11H,5-6H2,1-2H3,(H,17,18). The Morgan fingerprint density at radius 3 is 2.56 bits per heavy atom. The minimum absolute atomic E-state index is 0.0454. The number of aromatic nitrogens is 1. The third-order valence-corrected chi connectivity index (χ3v) is 3.90. The molecule has 0 radical (unpaired) electrons. The van der Waals surface area contributed by atoms with Crippen molar-refractivity contribution in [3.8, 4) is 0 Å². The average molecular weight is 258 g/mol. The highest BCUT2D eigenvalue weighted by Crippen LogP contribution is 2.37. The summed E-state index contributed by atoms with van der Waals surface area (Å²) in [5, 5.41) is 2.97. The normalized spacial score (nSPS) is 28.4. The summed E-state index contributed by atoms with van der Waals surface area (Å²) in [5.41, 5.74) is -0.684. The first-order valence-electron chi connectivity index (χ1n) is 6.18. The van der Waals surface area contributed by atoms with E-state index < -0.39 is 11.7 Å². The van der Waals surface area contributed by atoms with Gasteiger partial charge in [-0.25, -0.2) is 4.98 Å². The quantitative estimate of drug-likeness (QED) is 0.868. The molecule has 1 heterocycles. The Morgan fingerprint density at radius 1 is 1.28 bits per heavy atom. The predicted octanol–water partition coefficient (Wildman–Crippen LogP) is 3.95. The SMILES string of the molecule is CC1CCC(Nc2ncccc2C(F)(F)F)C1C. The maximum atomic E-state index is 12.8. The van der Waals surface area contributed by atoms with Crippen LogP contribution in [0.15, 0.2) is 18.3 Å². The van der Waals surface area contributed by atoms with E-state index in [1.165, 1.54) is 12.3 Å². The molecule has 2 rings (SSSR count). The van der Waals surface area contributed by atoms with Gasteiger partial charge in [0.15, 0.2) is 0 Å². The maximum Gasteiger partial charge on any atom is 0.419 e. The second-order valence-electron chi connectivity index (χ2n) is 5.06. The van der Waals surface area contributed by atoms with E-state index in [0.717, 1.165) is 18.9 Å². The molecule has 1 aromatic rings. The number of nitrogens with one attached hydrogen (secondary N) is 1. The van der Waals surface area contributed by atoms with Crippen LogP contribution in [-0.4, -0.2) is 11.0 Å². The van der Waals surface area contributed by atoms with Crippen LogP contribution >= 0.6 is 0 Å². The van der Waals surface area contributed by atoms with E-state index in [9.17, 15) is 13.2 Å². The summed E-state index contributed by atoms with van der Waals surface area (Å²) in [7, 11) is 0. The molecule has 5 heteroatoms. The van der Waals surface area contributed by atoms with Crippen LogP contribution in [0.25, 0.3) is 0 Å². The van der Waals surface area contributed by atoms with Gasteiger partial charge in [0.1, 0.15) is 5.82 Å². The van der Waals surface area contributed by atoms with E-state index in [2.05, 4.69) is 24.1 Å². The lowest BCUT2D eigenvalue weighted by atomic mass is 9.98. The van der Waals surface area contributed by atoms with Gasteiger partial charge in [0.2, 0.25) is 0 Å². The summed E-state index contributed by atoms with van der Waals surface area (Å²) >= 11 is 0. The first-order chi connectivity index (χ1) is 8.39. The van der Waals surface area contributed by atoms with Gasteiger partial charge in [-0.05, 0) is 36.8 Å². The lowest BCUT2D eigenvalue weighted by Gasteiger charge is -2.22. The number of nitrogens with zero attached hydrogens (tertiary/aromatic N) is 1. The number of hydrogen-bond acceptors (Lipinski definition) is 2. The lowest BCUT2D eigenvalue weighted by molar-refractivity contribution is -0.137. The molecule has 0 spiro atoms. The number of alkyl halides is 3. The molecule has 0 saturated heterocycles. The monoisotopic (exact) mass is 258 g/mol. The highest BCUT2D eigenvalue weighted by molar-refractivity contribution is 5.46. The molecule has 1 N–H and O–H groups in total. The van der Waals surface area contributed by atoms with Crippen LogP contribution < -0.4 is 5.32 Å². The van der Waals surface area contributed by atoms with E-state index in [-0.39, 0.29) is 11.9 Å². The summed E-state index contributed by atoms with van der Waals surface area (Å²) in [4.78, 5) is 3.84. The number of hydrogen-bond donors (Lipinski definition) is 1. The van der Waals surface area contributed by atoms with Crippen molar-refractivity contribution in [3.63, 3.8) is 0 Å². The lowest BCUT2D eigenvalue weighted by Crippen LogP contribution is -2.26. The van der Waals surface area contributed by atoms with Crippen molar-refractivity contribution in [2.24, 2.45) is 11.8 Å². The van der Waals surface area contributed by atoms with Gasteiger partial charge in [0.05, 0.1) is 5.56 Å². The Kier molecular flexibility index (Phi) is 3.50. The van der Waals surface area contributed by atoms with E-state index in [4.69, 9.17) is 0 Å². The van der Waals surface area contributed by atoms with Gasteiger partial charge < -0.3 is 5.32 Å². The Labute approximate surface area is 105 Å². The molecule has 0 aliphatic heterocycles. The van der Waals surface area contributed by atoms with Crippen molar-refractivity contribution < 1.29 is 13.2 Å². The van der Waals surface area contributed by atoms with Crippen molar-refractivity contribution in [2.75, 3.05) is 5.32 Å². The molecule has 3 unspecified atom stereocenters. The van der Waals surface area contributed by atoms with Crippen molar-refractivity contribution >= 4 is 5.82 Å². The van der Waals surface area contributed by atoms with Crippen molar-refractivity contribution in [3.05, 3.63) is 23.9 Å². The zero-order valence-corrected chi connectivity index (χ0v) is 10.5. The minimum atomic E-state index is -4.36. The molecule has 1 aromatic heterocycles. The van der Waals surface area contributed by atoms with Gasteiger partial charge >= 0.3 is 6.18 Å². The smallest absolute Gasteiger partial charge is 0.367 e. The second kappa shape index (κ2) is 4.78. The molecule has 100 valence electrons. The van der Waals surface area contributed by atoms with Crippen LogP contribution in [0.1, 0.15) is 32.3 Å². The van der Waals surface area contributed by atoms with E-state index in [0.29, 0.717) is 11.8 Å². The zero-order valence-electron chi connectivity index (χ0n) is 10.5. The summed E-state index contributed by atoms with van der Waals surface area (Å²) in [6.45, 7) is 4.21. The molecule has 1 aliphatic rings. The first-order valence-corrected chi connectivity index (χ1v) is 6.18. The molecule has 1 aliphatic carbocycles. The van der Waals surface area contributed by atoms with Crippen molar-refractivity contribution in [2.45, 2.75) is 38.9 Å². The van der Waals surface area contributed by atoms with Crippen molar-refractivity contribution in [1.29, 1.82) is 0 Å². The molecule has 0 amide bonds. The largest absolute Gasteiger partial charge is 0.419 e. The van der Waals surface area contributed by atoms with Gasteiger partial charge in [-0.1, -0.05) is 13.8 Å². The summed E-state index contributed by atoms with van der Waals surface area (Å²) in [5.74, 6) is 0.865. The van der Waals surface area contributed by atoms with Gasteiger partial charge in [0, 0.05) is 12.2 Å². The van der Waals surface area contributed by atoms with Gasteiger partial charge in [-0.2, -0.15) is 13.2 Å². The summed E-state index contributed by atoms with van der Waals surface area (Å²) in [6.07, 6.45) is -1.02. The Morgan fingerprint density at radius 2 is 2.00 bits per heavy atom. The summed E-state index contributed by atoms with van der Waals surface area (Å²) in [6, 6.07) is 2.46. The fourth-order valence-electron chi connectivity index (χ4n) is 2.49. The average Bonchev–Trinajstić information content (AvgIpc) is 2.60. The van der Waals surface area contributed by atoms with Crippen LogP contribution in [0.4, 0.5) is 19.0 Å². The Balaban J connectivity index is 2.20. The fourth-order valence-corrected chi connectivity index (χ4v) is 2.49. The molecule has 0 aromatic carbocycles. The molecule has 1 fully saturated rings. The molecule has 0 bridgehead atoms. The van der Waals surface area contributed by atoms with Gasteiger partial charge in [-0.15, -0.1) is 0 Å².